The Morgan fingerprint density at radius 3 is 1.59 bits per heavy atom. The molecule has 0 aliphatic carbocycles. The number of nitrogens with zero attached hydrogens (tertiary/aromatic N) is 3. The van der Waals surface area contributed by atoms with Gasteiger partial charge < -0.3 is 41.6 Å². The van der Waals surface area contributed by atoms with Crippen LogP contribution in [0.1, 0.15) is 5.56 Å². The van der Waals surface area contributed by atoms with Gasteiger partial charge in [0, 0.05) is 38.4 Å². The summed E-state index contributed by atoms with van der Waals surface area (Å²) in [5, 5.41) is 52.4. The van der Waals surface area contributed by atoms with Crippen LogP contribution in [0.25, 0.3) is 0 Å². The number of thiocarbonyl (C=S) groups is 1. The number of carbonyl (C=O) groups is 5. The number of aliphatic carboxylic acids is 5. The predicted molar refractivity (Wildman–Crippen MR) is 145 cm³/mol. The molecule has 229 valence electrons. The summed E-state index contributed by atoms with van der Waals surface area (Å²) < 4.78 is 0. The minimum absolute atomic E-state index is 0. The number of hydrogen-bond donors (Lipinski definition) is 7. The second-order valence-electron chi connectivity index (χ2n) is 8.58. The van der Waals surface area contributed by atoms with Gasteiger partial charge in [0.15, 0.2) is 5.11 Å². The zero-order valence-electron chi connectivity index (χ0n) is 22.1. The molecular weight excluding hydrogens is 712 g/mol. The van der Waals surface area contributed by atoms with Crippen molar-refractivity contribution in [3.63, 3.8) is 0 Å². The third kappa shape index (κ3) is 18.5. The fourth-order valence-electron chi connectivity index (χ4n) is 3.76. The summed E-state index contributed by atoms with van der Waals surface area (Å²) in [6.45, 7) is -3.22. The topological polar surface area (TPSA) is 252 Å². The van der Waals surface area contributed by atoms with Crippen molar-refractivity contribution in [2.45, 2.75) is 12.5 Å². The summed E-state index contributed by atoms with van der Waals surface area (Å²) in [5.74, 6) is -6.31. The normalized spacial score (nSPS) is 11.2. The van der Waals surface area contributed by atoms with Gasteiger partial charge in [0.1, 0.15) is 0 Å². The van der Waals surface area contributed by atoms with Crippen LogP contribution in [-0.2, 0) is 30.4 Å². The third-order valence-electron chi connectivity index (χ3n) is 5.38. The first kappa shape index (κ1) is 40.6. The van der Waals surface area contributed by atoms with Crippen molar-refractivity contribution < 1.29 is 94.9 Å². The van der Waals surface area contributed by atoms with Crippen molar-refractivity contribution in [1.82, 2.24) is 20.0 Å². The molecule has 0 saturated carbocycles. The van der Waals surface area contributed by atoms with Gasteiger partial charge in [-0.3, -0.25) is 38.7 Å². The predicted octanol–water partition coefficient (Wildman–Crippen LogP) is -1.98. The van der Waals surface area contributed by atoms with Crippen molar-refractivity contribution in [3.8, 4) is 0 Å². The van der Waals surface area contributed by atoms with E-state index in [1.165, 1.54) is 9.80 Å². The van der Waals surface area contributed by atoms with Gasteiger partial charge in [-0.2, -0.15) is 0 Å². The first-order chi connectivity index (χ1) is 18.3. The average Bonchev–Trinajstić information content (AvgIpc) is 2.81. The average molecular weight is 747 g/mol. The van der Waals surface area contributed by atoms with E-state index >= 15 is 0 Å². The Kier molecular flexibility index (Phi) is 20.9. The largest absolute Gasteiger partial charge is 3.00 e. The Labute approximate surface area is 273 Å². The first-order valence-corrected chi connectivity index (χ1v) is 12.0. The van der Waals surface area contributed by atoms with Gasteiger partial charge in [-0.15, -0.1) is 0 Å². The number of carboxylic acids is 5. The molecule has 0 heterocycles. The van der Waals surface area contributed by atoms with E-state index in [0.29, 0.717) is 16.4 Å². The summed E-state index contributed by atoms with van der Waals surface area (Å²) in [4.78, 5) is 60.5. The van der Waals surface area contributed by atoms with Crippen molar-refractivity contribution in [1.29, 1.82) is 0 Å². The summed E-state index contributed by atoms with van der Waals surface area (Å²) in [7, 11) is 1.65. The molecule has 1 aromatic carbocycles. The van der Waals surface area contributed by atoms with Gasteiger partial charge in [0.25, 0.3) is 0 Å². The number of nitrogens with one attached hydrogen (secondary N) is 2. The van der Waals surface area contributed by atoms with Crippen LogP contribution < -0.4 is 10.6 Å². The van der Waals surface area contributed by atoms with E-state index in [-0.39, 0.29) is 71.5 Å². The Balaban J connectivity index is 0. The van der Waals surface area contributed by atoms with Gasteiger partial charge in [-0.1, -0.05) is 12.1 Å². The molecule has 41 heavy (non-hydrogen) atoms. The zero-order valence-corrected chi connectivity index (χ0v) is 25.2. The molecule has 16 nitrogen and oxygen atoms in total. The van der Waals surface area contributed by atoms with E-state index in [9.17, 15) is 39.3 Å². The smallest absolute Gasteiger partial charge is 0.480 e. The van der Waals surface area contributed by atoms with Crippen molar-refractivity contribution in [3.05, 3.63) is 29.8 Å². The van der Waals surface area contributed by atoms with Crippen LogP contribution in [0, 0.1) is 39.9 Å². The van der Waals surface area contributed by atoms with E-state index in [1.54, 1.807) is 31.3 Å². The standard InChI is InChI=1S/C23H33N5O10S.Gd.H2O/c1-24-23(39)25-16-4-2-15(3-5-16)8-17(28(13-21(35)36)14-22(37)38)9-26(10-18(29)30)6-7-27(11-19(31)32)12-20(33)34;;/h2-5,17H,6-14H2,1H3,(H,29,30)(H,31,32)(H,33,34)(H,35,36)(H,37,38)(H2,24,25,39);;1H2/q;+3;/t17-;;/m0../s1. The Hall–Kier alpha value is -2.58. The molecule has 0 aromatic heterocycles. The van der Waals surface area contributed by atoms with Crippen LogP contribution in [-0.4, -0.2) is 146 Å². The molecule has 9 N–H and O–H groups in total. The SMILES string of the molecule is CNC(=S)Nc1ccc(C[C@@H](CN(CCN(CC(=O)O)CC(=O)O)CC(=O)O)N(CC(=O)O)CC(=O)O)cc1.O.[Gd+3]. The molecule has 0 aliphatic rings. The number of carboxylic acid groups (broad SMARTS) is 5. The Morgan fingerprint density at radius 1 is 0.756 bits per heavy atom. The maximum absolute atomic E-state index is 11.6. The minimum atomic E-state index is -1.28. The van der Waals surface area contributed by atoms with Crippen LogP contribution in [0.3, 0.4) is 0 Å². The second-order valence-corrected chi connectivity index (χ2v) is 8.99. The summed E-state index contributed by atoms with van der Waals surface area (Å²) in [6, 6.07) is 6.13. The molecule has 1 radical (unpaired) electrons. The van der Waals surface area contributed by atoms with E-state index < -0.39 is 68.6 Å². The van der Waals surface area contributed by atoms with Crippen LogP contribution >= 0.6 is 12.2 Å². The third-order valence-corrected chi connectivity index (χ3v) is 5.69. The van der Waals surface area contributed by atoms with Gasteiger partial charge in [0.05, 0.1) is 32.7 Å². The summed E-state index contributed by atoms with van der Waals surface area (Å²) >= 11 is 5.06. The molecule has 1 rings (SSSR count). The monoisotopic (exact) mass is 747 g/mol. The molecule has 0 saturated heterocycles. The summed E-state index contributed by atoms with van der Waals surface area (Å²) in [6.07, 6.45) is 0.154. The number of anilines is 1. The van der Waals surface area contributed by atoms with Gasteiger partial charge in [-0.05, 0) is 36.3 Å². The van der Waals surface area contributed by atoms with E-state index in [4.69, 9.17) is 22.4 Å². The van der Waals surface area contributed by atoms with Crippen molar-refractivity contribution >= 4 is 52.9 Å². The Morgan fingerprint density at radius 2 is 1.17 bits per heavy atom. The van der Waals surface area contributed by atoms with E-state index in [0.717, 1.165) is 4.90 Å². The van der Waals surface area contributed by atoms with Crippen LogP contribution in [0.15, 0.2) is 24.3 Å². The molecule has 18 heteroatoms. The number of hydrogen-bond acceptors (Lipinski definition) is 9. The molecule has 1 aromatic rings. The molecule has 1 atom stereocenters. The van der Waals surface area contributed by atoms with Crippen molar-refractivity contribution in [2.24, 2.45) is 0 Å². The van der Waals surface area contributed by atoms with Crippen molar-refractivity contribution in [2.75, 3.05) is 64.7 Å². The molecular formula is C23H35GdN5O11S+3. The molecule has 0 fully saturated rings. The molecule has 0 aliphatic heterocycles. The number of benzene rings is 1. The molecule has 0 spiro atoms. The zero-order chi connectivity index (χ0) is 29.5. The Bertz CT molecular complexity index is 1000. The molecule has 0 unspecified atom stereocenters. The van der Waals surface area contributed by atoms with Crippen LogP contribution in [0.5, 0.6) is 0 Å². The minimum Gasteiger partial charge on any atom is -0.480 e. The maximum atomic E-state index is 11.6. The van der Waals surface area contributed by atoms with Gasteiger partial charge in [0.2, 0.25) is 0 Å². The van der Waals surface area contributed by atoms with Crippen LogP contribution in [0.2, 0.25) is 0 Å². The quantitative estimate of drug-likeness (QED) is 0.0758. The number of rotatable bonds is 19. The van der Waals surface area contributed by atoms with E-state index in [1.807, 2.05) is 0 Å². The fourth-order valence-corrected chi connectivity index (χ4v) is 3.88. The molecule has 0 amide bonds. The van der Waals surface area contributed by atoms with E-state index in [2.05, 4.69) is 10.6 Å². The van der Waals surface area contributed by atoms with Crippen LogP contribution in [0.4, 0.5) is 5.69 Å². The molecule has 0 bridgehead atoms. The van der Waals surface area contributed by atoms with Gasteiger partial charge in [-0.25, -0.2) is 0 Å². The first-order valence-electron chi connectivity index (χ1n) is 11.6. The van der Waals surface area contributed by atoms with Gasteiger partial charge >= 0.3 is 69.8 Å². The fraction of sp³-hybridized carbons (Fsp3) is 0.478. The summed E-state index contributed by atoms with van der Waals surface area (Å²) in [5.41, 5.74) is 1.38. The second kappa shape index (κ2) is 21.2. The maximum Gasteiger partial charge on any atom is 3.00 e.